The number of carbonyl (C=O) groups excluding carboxylic acids is 2. The van der Waals surface area contributed by atoms with Gasteiger partial charge in [-0.2, -0.15) is 0 Å². The van der Waals surface area contributed by atoms with E-state index in [1.807, 2.05) is 30.3 Å². The highest BCUT2D eigenvalue weighted by molar-refractivity contribution is 6.62. The van der Waals surface area contributed by atoms with Crippen LogP contribution in [0.1, 0.15) is 19.4 Å². The second-order valence-electron chi connectivity index (χ2n) is 4.56. The average Bonchev–Trinajstić information content (AvgIpc) is 2.35. The molecule has 0 fully saturated rings. The van der Waals surface area contributed by atoms with Crippen LogP contribution in [0.2, 0.25) is 0 Å². The van der Waals surface area contributed by atoms with Gasteiger partial charge in [-0.1, -0.05) is 30.3 Å². The molecular formula is C14H18ClNO3. The largest absolute Gasteiger partial charge is 0.461 e. The summed E-state index contributed by atoms with van der Waals surface area (Å²) in [7, 11) is 1.49. The van der Waals surface area contributed by atoms with Crippen molar-refractivity contribution in [1.29, 1.82) is 0 Å². The molecule has 0 bridgehead atoms. The van der Waals surface area contributed by atoms with Crippen LogP contribution in [-0.4, -0.2) is 35.4 Å². The minimum atomic E-state index is -0.713. The Morgan fingerprint density at radius 1 is 1.26 bits per heavy atom. The van der Waals surface area contributed by atoms with Crippen molar-refractivity contribution in [2.75, 3.05) is 7.05 Å². The number of hydrogen-bond acceptors (Lipinski definition) is 3. The van der Waals surface area contributed by atoms with E-state index in [2.05, 4.69) is 0 Å². The van der Waals surface area contributed by atoms with Crippen molar-refractivity contribution in [3.63, 3.8) is 0 Å². The summed E-state index contributed by atoms with van der Waals surface area (Å²) in [5, 5.41) is -0.679. The Hall–Kier alpha value is -1.55. The Balaban J connectivity index is 2.86. The SMILES string of the molecule is CC(C)OC(=O)C(Cc1ccccc1)N(C)C(=O)Cl. The predicted molar refractivity (Wildman–Crippen MR) is 74.2 cm³/mol. The van der Waals surface area contributed by atoms with Crippen molar-refractivity contribution in [3.8, 4) is 0 Å². The molecule has 0 aliphatic heterocycles. The molecule has 0 spiro atoms. The van der Waals surface area contributed by atoms with E-state index in [0.29, 0.717) is 6.42 Å². The molecule has 0 aliphatic rings. The maximum Gasteiger partial charge on any atom is 0.329 e. The molecule has 0 aliphatic carbocycles. The van der Waals surface area contributed by atoms with E-state index in [9.17, 15) is 9.59 Å². The lowest BCUT2D eigenvalue weighted by atomic mass is 10.1. The fraction of sp³-hybridized carbons (Fsp3) is 0.429. The minimum Gasteiger partial charge on any atom is -0.461 e. The van der Waals surface area contributed by atoms with Crippen LogP contribution in [0.25, 0.3) is 0 Å². The lowest BCUT2D eigenvalue weighted by Gasteiger charge is -2.25. The first-order valence-corrected chi connectivity index (χ1v) is 6.46. The topological polar surface area (TPSA) is 46.6 Å². The van der Waals surface area contributed by atoms with E-state index in [0.717, 1.165) is 5.56 Å². The molecule has 5 heteroatoms. The van der Waals surface area contributed by atoms with Gasteiger partial charge in [0.05, 0.1) is 6.10 Å². The van der Waals surface area contributed by atoms with Gasteiger partial charge in [0.1, 0.15) is 6.04 Å². The smallest absolute Gasteiger partial charge is 0.329 e. The third-order valence-corrected chi connectivity index (χ3v) is 2.91. The van der Waals surface area contributed by atoms with Crippen LogP contribution in [0.3, 0.4) is 0 Å². The molecule has 0 aromatic heterocycles. The van der Waals surface area contributed by atoms with E-state index < -0.39 is 17.4 Å². The number of likely N-dealkylation sites (N-methyl/N-ethyl adjacent to an activating group) is 1. The van der Waals surface area contributed by atoms with Crippen LogP contribution in [0.15, 0.2) is 30.3 Å². The molecule has 1 aromatic carbocycles. The van der Waals surface area contributed by atoms with E-state index in [4.69, 9.17) is 16.3 Å². The summed E-state index contributed by atoms with van der Waals surface area (Å²) in [4.78, 5) is 24.5. The van der Waals surface area contributed by atoms with Crippen molar-refractivity contribution >= 4 is 22.9 Å². The summed E-state index contributed by atoms with van der Waals surface area (Å²) in [6, 6.07) is 8.71. The average molecular weight is 284 g/mol. The first-order valence-electron chi connectivity index (χ1n) is 6.08. The molecule has 0 radical (unpaired) electrons. The van der Waals surface area contributed by atoms with Gasteiger partial charge in [-0.3, -0.25) is 4.79 Å². The Labute approximate surface area is 118 Å². The van der Waals surface area contributed by atoms with Crippen molar-refractivity contribution in [2.45, 2.75) is 32.4 Å². The number of amides is 1. The maximum atomic E-state index is 12.0. The Morgan fingerprint density at radius 3 is 2.32 bits per heavy atom. The van der Waals surface area contributed by atoms with Crippen molar-refractivity contribution in [2.24, 2.45) is 0 Å². The maximum absolute atomic E-state index is 12.0. The number of benzene rings is 1. The molecule has 0 heterocycles. The van der Waals surface area contributed by atoms with Crippen LogP contribution < -0.4 is 0 Å². The van der Waals surface area contributed by atoms with E-state index in [-0.39, 0.29) is 6.10 Å². The highest BCUT2D eigenvalue weighted by Gasteiger charge is 2.28. The van der Waals surface area contributed by atoms with Crippen LogP contribution in [-0.2, 0) is 16.0 Å². The van der Waals surface area contributed by atoms with Gasteiger partial charge < -0.3 is 9.64 Å². The third-order valence-electron chi connectivity index (χ3n) is 2.64. The standard InChI is InChI=1S/C14H18ClNO3/c1-10(2)19-13(17)12(16(3)14(15)18)9-11-7-5-4-6-8-11/h4-8,10,12H,9H2,1-3H3. The van der Waals surface area contributed by atoms with Gasteiger partial charge in [-0.25, -0.2) is 4.79 Å². The van der Waals surface area contributed by atoms with E-state index in [1.54, 1.807) is 13.8 Å². The van der Waals surface area contributed by atoms with Gasteiger partial charge in [-0.15, -0.1) is 0 Å². The van der Waals surface area contributed by atoms with E-state index in [1.165, 1.54) is 11.9 Å². The number of rotatable bonds is 5. The summed E-state index contributed by atoms with van der Waals surface area (Å²) in [6.45, 7) is 3.53. The Kier molecular flexibility index (Phi) is 5.83. The molecule has 104 valence electrons. The number of carbonyl (C=O) groups is 2. The molecule has 1 atom stereocenters. The third kappa shape index (κ3) is 4.91. The molecule has 19 heavy (non-hydrogen) atoms. The normalized spacial score (nSPS) is 12.1. The number of halogens is 1. The van der Waals surface area contributed by atoms with Gasteiger partial charge in [0.2, 0.25) is 0 Å². The lowest BCUT2D eigenvalue weighted by molar-refractivity contribution is -0.152. The molecule has 0 saturated carbocycles. The molecule has 0 N–H and O–H groups in total. The summed E-state index contributed by atoms with van der Waals surface area (Å²) < 4.78 is 5.16. The minimum absolute atomic E-state index is 0.232. The van der Waals surface area contributed by atoms with Gasteiger partial charge in [0.25, 0.3) is 0 Å². The molecule has 1 unspecified atom stereocenters. The van der Waals surface area contributed by atoms with Crippen LogP contribution in [0.5, 0.6) is 0 Å². The number of esters is 1. The second kappa shape index (κ2) is 7.14. The first-order chi connectivity index (χ1) is 8.91. The van der Waals surface area contributed by atoms with Gasteiger partial charge in [0, 0.05) is 13.5 Å². The fourth-order valence-corrected chi connectivity index (χ4v) is 1.77. The summed E-state index contributed by atoms with van der Waals surface area (Å²) in [5.74, 6) is -0.449. The van der Waals surface area contributed by atoms with Gasteiger partial charge in [-0.05, 0) is 31.0 Å². The van der Waals surface area contributed by atoms with Crippen molar-refractivity contribution in [1.82, 2.24) is 4.90 Å². The molecule has 1 rings (SSSR count). The highest BCUT2D eigenvalue weighted by Crippen LogP contribution is 2.12. The first kappa shape index (κ1) is 15.5. The quantitative estimate of drug-likeness (QED) is 0.474. The lowest BCUT2D eigenvalue weighted by Crippen LogP contribution is -2.43. The zero-order chi connectivity index (χ0) is 14.4. The molecular weight excluding hydrogens is 266 g/mol. The van der Waals surface area contributed by atoms with Crippen LogP contribution >= 0.6 is 11.6 Å². The second-order valence-corrected chi connectivity index (χ2v) is 4.88. The predicted octanol–water partition coefficient (Wildman–Crippen LogP) is 2.84. The van der Waals surface area contributed by atoms with Crippen molar-refractivity contribution in [3.05, 3.63) is 35.9 Å². The summed E-state index contributed by atoms with van der Waals surface area (Å²) in [6.07, 6.45) is 0.144. The highest BCUT2D eigenvalue weighted by atomic mass is 35.5. The fourth-order valence-electron chi connectivity index (χ4n) is 1.65. The van der Waals surface area contributed by atoms with Crippen molar-refractivity contribution < 1.29 is 14.3 Å². The van der Waals surface area contributed by atoms with Crippen LogP contribution in [0, 0.1) is 0 Å². The molecule has 1 aromatic rings. The number of nitrogens with zero attached hydrogens (tertiary/aromatic N) is 1. The van der Waals surface area contributed by atoms with E-state index >= 15 is 0 Å². The molecule has 0 saturated heterocycles. The number of ether oxygens (including phenoxy) is 1. The summed E-state index contributed by atoms with van der Waals surface area (Å²) >= 11 is 5.45. The molecule has 1 amide bonds. The Bertz CT molecular complexity index is 434. The van der Waals surface area contributed by atoms with Gasteiger partial charge >= 0.3 is 11.3 Å². The zero-order valence-electron chi connectivity index (χ0n) is 11.3. The van der Waals surface area contributed by atoms with Gasteiger partial charge in [0.15, 0.2) is 0 Å². The number of hydrogen-bond donors (Lipinski definition) is 0. The Morgan fingerprint density at radius 2 is 1.84 bits per heavy atom. The zero-order valence-corrected chi connectivity index (χ0v) is 12.1. The summed E-state index contributed by atoms with van der Waals surface area (Å²) in [5.41, 5.74) is 0.943. The van der Waals surface area contributed by atoms with Crippen LogP contribution in [0.4, 0.5) is 4.79 Å². The monoisotopic (exact) mass is 283 g/mol. The molecule has 4 nitrogen and oxygen atoms in total.